The van der Waals surface area contributed by atoms with Crippen LogP contribution >= 0.6 is 0 Å². The smallest absolute Gasteiger partial charge is 0.298 e. The number of anilines is 1. The highest BCUT2D eigenvalue weighted by Crippen LogP contribution is 2.27. The molecule has 0 radical (unpaired) electrons. The molecule has 7 heteroatoms. The fourth-order valence-electron chi connectivity index (χ4n) is 3.33. The van der Waals surface area contributed by atoms with E-state index in [4.69, 9.17) is 14.1 Å². The number of nitrogens with zero attached hydrogens (tertiary/aromatic N) is 5. The Labute approximate surface area is 156 Å². The molecule has 0 unspecified atom stereocenters. The topological polar surface area (TPSA) is 69.2 Å². The molecule has 0 aliphatic carbocycles. The van der Waals surface area contributed by atoms with Crippen molar-refractivity contribution in [3.63, 3.8) is 0 Å². The summed E-state index contributed by atoms with van der Waals surface area (Å²) >= 11 is 0. The second kappa shape index (κ2) is 6.85. The normalized spacial score (nSPS) is 13.9. The molecular weight excluding hydrogens is 342 g/mol. The summed E-state index contributed by atoms with van der Waals surface area (Å²) in [5, 5.41) is 0. The lowest BCUT2D eigenvalue weighted by Gasteiger charge is -2.25. The molecule has 0 amide bonds. The molecule has 5 rings (SSSR count). The van der Waals surface area contributed by atoms with Gasteiger partial charge >= 0.3 is 0 Å². The van der Waals surface area contributed by atoms with Crippen LogP contribution in [0.15, 0.2) is 59.4 Å². The van der Waals surface area contributed by atoms with Crippen LogP contribution in [0.25, 0.3) is 11.1 Å². The van der Waals surface area contributed by atoms with E-state index in [0.717, 1.165) is 41.3 Å². The predicted molar refractivity (Wildman–Crippen MR) is 100 cm³/mol. The number of para-hydroxylation sites is 1. The highest BCUT2D eigenvalue weighted by molar-refractivity contribution is 5.78. The van der Waals surface area contributed by atoms with E-state index in [1.807, 2.05) is 48.8 Å². The van der Waals surface area contributed by atoms with Crippen molar-refractivity contribution >= 4 is 17.1 Å². The van der Waals surface area contributed by atoms with Gasteiger partial charge in [0.25, 0.3) is 6.01 Å². The van der Waals surface area contributed by atoms with Gasteiger partial charge in [-0.25, -0.2) is 4.98 Å². The van der Waals surface area contributed by atoms with Gasteiger partial charge in [0.15, 0.2) is 5.58 Å². The lowest BCUT2D eigenvalue weighted by molar-refractivity contribution is 0.105. The first-order chi connectivity index (χ1) is 13.4. The minimum Gasteiger partial charge on any atom is -0.423 e. The zero-order chi connectivity index (χ0) is 18.1. The number of benzene rings is 1. The molecule has 0 fully saturated rings. The van der Waals surface area contributed by atoms with E-state index in [1.54, 1.807) is 6.20 Å². The summed E-state index contributed by atoms with van der Waals surface area (Å²) in [5.74, 6) is 1.03. The summed E-state index contributed by atoms with van der Waals surface area (Å²) in [7, 11) is 0. The van der Waals surface area contributed by atoms with Gasteiger partial charge in [-0.3, -0.25) is 4.98 Å². The van der Waals surface area contributed by atoms with Crippen molar-refractivity contribution in [1.29, 1.82) is 0 Å². The third-order valence-electron chi connectivity index (χ3n) is 4.74. The number of pyridine rings is 1. The van der Waals surface area contributed by atoms with E-state index in [0.29, 0.717) is 25.8 Å². The van der Waals surface area contributed by atoms with E-state index in [1.165, 1.54) is 0 Å². The molecule has 4 aromatic rings. The Kier molecular flexibility index (Phi) is 4.06. The lowest BCUT2D eigenvalue weighted by atomic mass is 10.2. The Balaban J connectivity index is 1.34. The second-order valence-electron chi connectivity index (χ2n) is 6.53. The average molecular weight is 361 g/mol. The fourth-order valence-corrected chi connectivity index (χ4v) is 3.33. The number of imidazole rings is 1. The third kappa shape index (κ3) is 3.17. The molecule has 136 valence electrons. The summed E-state index contributed by atoms with van der Waals surface area (Å²) in [6, 6.07) is 12.4. The minimum atomic E-state index is 0.463. The van der Waals surface area contributed by atoms with Crippen LogP contribution in [0.4, 0.5) is 6.01 Å². The molecule has 1 aliphatic rings. The molecule has 0 N–H and O–H groups in total. The van der Waals surface area contributed by atoms with Crippen molar-refractivity contribution in [2.45, 2.75) is 26.3 Å². The van der Waals surface area contributed by atoms with Gasteiger partial charge in [0.2, 0.25) is 0 Å². The first kappa shape index (κ1) is 16.0. The largest absolute Gasteiger partial charge is 0.423 e. The molecular formula is C20H19N5O2. The Hall–Kier alpha value is -3.19. The highest BCUT2D eigenvalue weighted by Gasteiger charge is 2.21. The molecule has 0 bridgehead atoms. The molecule has 0 saturated heterocycles. The third-order valence-corrected chi connectivity index (χ3v) is 4.74. The van der Waals surface area contributed by atoms with Crippen molar-refractivity contribution in [1.82, 2.24) is 19.5 Å². The van der Waals surface area contributed by atoms with Crippen molar-refractivity contribution in [2.24, 2.45) is 0 Å². The van der Waals surface area contributed by atoms with Crippen molar-refractivity contribution < 1.29 is 9.15 Å². The number of hydrogen-bond acceptors (Lipinski definition) is 6. The number of ether oxygens (including phenoxy) is 1. The van der Waals surface area contributed by atoms with E-state index < -0.39 is 0 Å². The van der Waals surface area contributed by atoms with Crippen LogP contribution in [-0.4, -0.2) is 26.1 Å². The Morgan fingerprint density at radius 1 is 1.00 bits per heavy atom. The molecule has 1 aliphatic heterocycles. The Morgan fingerprint density at radius 3 is 2.93 bits per heavy atom. The molecule has 3 aromatic heterocycles. The fraction of sp³-hybridized carbons (Fsp3) is 0.250. The van der Waals surface area contributed by atoms with E-state index >= 15 is 0 Å². The van der Waals surface area contributed by atoms with Gasteiger partial charge in [0, 0.05) is 37.2 Å². The second-order valence-corrected chi connectivity index (χ2v) is 6.53. The number of rotatable bonds is 5. The average Bonchev–Trinajstić information content (AvgIpc) is 3.35. The van der Waals surface area contributed by atoms with Crippen molar-refractivity contribution in [3.8, 4) is 0 Å². The van der Waals surface area contributed by atoms with Crippen LogP contribution in [0.3, 0.4) is 0 Å². The first-order valence-electron chi connectivity index (χ1n) is 8.98. The number of hydrogen-bond donors (Lipinski definition) is 0. The van der Waals surface area contributed by atoms with E-state index in [-0.39, 0.29) is 0 Å². The van der Waals surface area contributed by atoms with E-state index in [2.05, 4.69) is 19.4 Å². The van der Waals surface area contributed by atoms with Gasteiger partial charge in [-0.15, -0.1) is 0 Å². The SMILES string of the molecule is c1ccc(COCc2cccc3oc(N4CCn5ccnc5C4)nc23)nc1. The zero-order valence-electron chi connectivity index (χ0n) is 14.8. The summed E-state index contributed by atoms with van der Waals surface area (Å²) in [6.07, 6.45) is 5.62. The summed E-state index contributed by atoms with van der Waals surface area (Å²) < 4.78 is 14.0. The number of fused-ring (bicyclic) bond motifs is 2. The van der Waals surface area contributed by atoms with Gasteiger partial charge in [0.05, 0.1) is 25.5 Å². The Bertz CT molecular complexity index is 1060. The Morgan fingerprint density at radius 2 is 2.00 bits per heavy atom. The maximum atomic E-state index is 6.01. The van der Waals surface area contributed by atoms with Gasteiger partial charge < -0.3 is 18.6 Å². The standard InChI is InChI=1S/C20H19N5O2/c1-2-7-21-16(5-1)14-26-13-15-4-3-6-17-19(15)23-20(27-17)25-11-10-24-9-8-22-18(24)12-25/h1-9H,10-14H2. The molecule has 7 nitrogen and oxygen atoms in total. The monoisotopic (exact) mass is 361 g/mol. The van der Waals surface area contributed by atoms with Gasteiger partial charge in [-0.1, -0.05) is 18.2 Å². The zero-order valence-corrected chi connectivity index (χ0v) is 14.8. The minimum absolute atomic E-state index is 0.463. The van der Waals surface area contributed by atoms with Crippen LogP contribution in [0.2, 0.25) is 0 Å². The molecule has 0 atom stereocenters. The molecule has 4 heterocycles. The maximum Gasteiger partial charge on any atom is 0.298 e. The first-order valence-corrected chi connectivity index (χ1v) is 8.98. The van der Waals surface area contributed by atoms with Gasteiger partial charge in [-0.2, -0.15) is 4.98 Å². The summed E-state index contributed by atoms with van der Waals surface area (Å²) in [6.45, 7) is 3.36. The quantitative estimate of drug-likeness (QED) is 0.544. The van der Waals surface area contributed by atoms with Crippen LogP contribution in [0.1, 0.15) is 17.1 Å². The molecule has 0 spiro atoms. The number of oxazole rings is 1. The van der Waals surface area contributed by atoms with Crippen LogP contribution in [0.5, 0.6) is 0 Å². The van der Waals surface area contributed by atoms with Gasteiger partial charge in [-0.05, 0) is 18.2 Å². The lowest BCUT2D eigenvalue weighted by Crippen LogP contribution is -2.33. The van der Waals surface area contributed by atoms with Crippen molar-refractivity contribution in [2.75, 3.05) is 11.4 Å². The van der Waals surface area contributed by atoms with E-state index in [9.17, 15) is 0 Å². The summed E-state index contributed by atoms with van der Waals surface area (Å²) in [5.41, 5.74) is 3.55. The van der Waals surface area contributed by atoms with Crippen LogP contribution in [0, 0.1) is 0 Å². The predicted octanol–water partition coefficient (Wildman–Crippen LogP) is 3.16. The number of aromatic nitrogens is 4. The van der Waals surface area contributed by atoms with Crippen LogP contribution < -0.4 is 4.90 Å². The van der Waals surface area contributed by atoms with Crippen molar-refractivity contribution in [3.05, 3.63) is 72.1 Å². The molecule has 0 saturated carbocycles. The highest BCUT2D eigenvalue weighted by atomic mass is 16.5. The molecule has 1 aromatic carbocycles. The van der Waals surface area contributed by atoms with Crippen LogP contribution in [-0.2, 0) is 31.0 Å². The van der Waals surface area contributed by atoms with Gasteiger partial charge in [0.1, 0.15) is 11.3 Å². The molecule has 27 heavy (non-hydrogen) atoms. The summed E-state index contributed by atoms with van der Waals surface area (Å²) in [4.78, 5) is 15.5. The maximum absolute atomic E-state index is 6.01.